The summed E-state index contributed by atoms with van der Waals surface area (Å²) in [5.41, 5.74) is 17.9. The molecule has 0 bridgehead atoms. The van der Waals surface area contributed by atoms with Gasteiger partial charge in [0, 0.05) is 50.8 Å². The molecule has 83 heavy (non-hydrogen) atoms. The van der Waals surface area contributed by atoms with E-state index in [-0.39, 0.29) is 28.4 Å². The van der Waals surface area contributed by atoms with Gasteiger partial charge in [0.05, 0.1) is 0 Å². The van der Waals surface area contributed by atoms with E-state index in [0.717, 1.165) is 50.8 Å². The number of rotatable bonds is 5. The summed E-state index contributed by atoms with van der Waals surface area (Å²) in [6.07, 6.45) is 0. The first-order chi connectivity index (χ1) is 39.6. The van der Waals surface area contributed by atoms with Crippen LogP contribution in [0, 0.1) is 0 Å². The minimum Gasteiger partial charge on any atom is -0.311 e. The summed E-state index contributed by atoms with van der Waals surface area (Å²) in [5.74, 6) is 1.86. The van der Waals surface area contributed by atoms with Crippen molar-refractivity contribution in [1.82, 2.24) is 15.0 Å². The number of aromatic nitrogens is 3. The van der Waals surface area contributed by atoms with Gasteiger partial charge in [-0.05, 0) is 176 Å². The molecular weight excluding hydrogens is 1010 g/mol. The third kappa shape index (κ3) is 9.15. The Labute approximate surface area is 489 Å². The Morgan fingerprint density at radius 1 is 0.277 bits per heavy atom. The van der Waals surface area contributed by atoms with Crippen LogP contribution in [0.3, 0.4) is 0 Å². The number of nitrogens with zero attached hydrogens (tertiary/aromatic N) is 5. The van der Waals surface area contributed by atoms with Gasteiger partial charge in [0.25, 0.3) is 6.71 Å². The molecule has 406 valence electrons. The van der Waals surface area contributed by atoms with Crippen molar-refractivity contribution in [3.63, 3.8) is 0 Å². The lowest BCUT2D eigenvalue weighted by molar-refractivity contribution is 0.568. The number of hydrogen-bond acceptors (Lipinski definition) is 5. The smallest absolute Gasteiger partial charge is 0.252 e. The van der Waals surface area contributed by atoms with E-state index in [1.54, 1.807) is 0 Å². The SMILES string of the molecule is CC(C)(C)c1cc(N2c3cc4cc5ccccc5cc4cc3B3c4cc5cc6ccccc6cc5cc4N(c4cc(C(C)(C)C)cc(C(C)(C)C)c4)c4cc(-c5nc(-c6ccccc6)nc(-c6ccccc6)n5)cc2c43)cc(C(C)(C)C)c1. The highest BCUT2D eigenvalue weighted by molar-refractivity contribution is 7.00. The second-order valence-electron chi connectivity index (χ2n) is 27.5. The van der Waals surface area contributed by atoms with Crippen molar-refractivity contribution in [3.05, 3.63) is 229 Å². The highest BCUT2D eigenvalue weighted by atomic mass is 15.2. The van der Waals surface area contributed by atoms with Crippen molar-refractivity contribution in [2.24, 2.45) is 0 Å². The predicted molar refractivity (Wildman–Crippen MR) is 355 cm³/mol. The molecular formula is C77H70BN5. The van der Waals surface area contributed by atoms with Crippen molar-refractivity contribution in [1.29, 1.82) is 0 Å². The van der Waals surface area contributed by atoms with Crippen LogP contribution in [0.2, 0.25) is 0 Å². The maximum Gasteiger partial charge on any atom is 0.252 e. The average Bonchev–Trinajstić information content (AvgIpc) is 2.57. The third-order valence-corrected chi connectivity index (χ3v) is 17.5. The van der Waals surface area contributed by atoms with Crippen LogP contribution in [-0.2, 0) is 21.7 Å². The first kappa shape index (κ1) is 52.2. The maximum atomic E-state index is 5.51. The van der Waals surface area contributed by atoms with Gasteiger partial charge in [-0.2, -0.15) is 0 Å². The normalized spacial score (nSPS) is 13.5. The molecule has 0 unspecified atom stereocenters. The first-order valence-corrected chi connectivity index (χ1v) is 29.5. The van der Waals surface area contributed by atoms with Crippen molar-refractivity contribution in [2.75, 3.05) is 9.80 Å². The molecule has 0 aliphatic carbocycles. The van der Waals surface area contributed by atoms with Gasteiger partial charge in [-0.1, -0.05) is 217 Å². The second kappa shape index (κ2) is 18.8. The number of anilines is 6. The van der Waals surface area contributed by atoms with E-state index in [2.05, 4.69) is 287 Å². The van der Waals surface area contributed by atoms with Gasteiger partial charge in [-0.25, -0.2) is 15.0 Å². The fraction of sp³-hybridized carbons (Fsp3) is 0.208. The summed E-state index contributed by atoms with van der Waals surface area (Å²) < 4.78 is 0. The molecule has 3 heterocycles. The Bertz CT molecular complexity index is 4260. The van der Waals surface area contributed by atoms with Crippen molar-refractivity contribution in [3.8, 4) is 34.2 Å². The summed E-state index contributed by atoms with van der Waals surface area (Å²) in [4.78, 5) is 21.5. The predicted octanol–water partition coefficient (Wildman–Crippen LogP) is 18.8. The van der Waals surface area contributed by atoms with Gasteiger partial charge in [-0.3, -0.25) is 0 Å². The molecule has 1 aromatic heterocycles. The van der Waals surface area contributed by atoms with Crippen LogP contribution in [0.4, 0.5) is 34.1 Å². The van der Waals surface area contributed by atoms with Gasteiger partial charge in [0.2, 0.25) is 0 Å². The molecule has 0 N–H and O–H groups in total. The largest absolute Gasteiger partial charge is 0.311 e. The topological polar surface area (TPSA) is 45.2 Å². The van der Waals surface area contributed by atoms with E-state index in [1.165, 1.54) is 81.7 Å². The van der Waals surface area contributed by atoms with E-state index >= 15 is 0 Å². The highest BCUT2D eigenvalue weighted by Gasteiger charge is 2.45. The Hall–Kier alpha value is -8.87. The third-order valence-electron chi connectivity index (χ3n) is 17.5. The minimum atomic E-state index is -0.169. The zero-order valence-electron chi connectivity index (χ0n) is 49.9. The molecule has 0 saturated carbocycles. The summed E-state index contributed by atoms with van der Waals surface area (Å²) in [6, 6.07) is 77.4. The fourth-order valence-corrected chi connectivity index (χ4v) is 12.7. The van der Waals surface area contributed by atoms with Crippen molar-refractivity contribution < 1.29 is 0 Å². The average molecular weight is 1080 g/mol. The molecule has 0 amide bonds. The zero-order chi connectivity index (χ0) is 57.5. The summed E-state index contributed by atoms with van der Waals surface area (Å²) in [6.45, 7) is 27.9. The van der Waals surface area contributed by atoms with Crippen molar-refractivity contribution >= 4 is 100 Å². The van der Waals surface area contributed by atoms with Crippen LogP contribution in [0.1, 0.15) is 105 Å². The number of fused-ring (bicyclic) bond motifs is 8. The monoisotopic (exact) mass is 1080 g/mol. The molecule has 0 saturated heterocycles. The lowest BCUT2D eigenvalue weighted by atomic mass is 9.33. The lowest BCUT2D eigenvalue weighted by Crippen LogP contribution is -2.61. The van der Waals surface area contributed by atoms with Gasteiger partial charge < -0.3 is 9.80 Å². The van der Waals surface area contributed by atoms with Crippen LogP contribution in [0.5, 0.6) is 0 Å². The van der Waals surface area contributed by atoms with Gasteiger partial charge in [0.1, 0.15) is 0 Å². The molecule has 0 spiro atoms. The standard InChI is InChI=1S/C77H70BN5/c1-74(2,3)58-41-59(75(4,5)6)44-62(43-58)82-66-37-55-33-51-29-21-19-27-49(51)31-53(55)35-64(66)78-65-36-54-32-50-28-20-22-30-52(50)34-56(54)38-67(65)83(63-45-60(76(7,8)9)42-61(46-63)77(10,11)12)69-40-57(39-68(82)70(69)78)73-80-71(47-23-15-13-16-24-47)79-72(81-73)48-25-17-14-18-26-48/h13-46H,1-12H3. The molecule has 12 aromatic rings. The van der Waals surface area contributed by atoms with Crippen LogP contribution < -0.4 is 26.2 Å². The first-order valence-electron chi connectivity index (χ1n) is 29.5. The molecule has 14 rings (SSSR count). The molecule has 0 fully saturated rings. The molecule has 2 aliphatic heterocycles. The van der Waals surface area contributed by atoms with Gasteiger partial charge in [0.15, 0.2) is 17.5 Å². The Morgan fingerprint density at radius 2 is 0.578 bits per heavy atom. The van der Waals surface area contributed by atoms with E-state index in [4.69, 9.17) is 15.0 Å². The zero-order valence-corrected chi connectivity index (χ0v) is 49.9. The van der Waals surface area contributed by atoms with Crippen LogP contribution in [0.25, 0.3) is 77.3 Å². The van der Waals surface area contributed by atoms with Crippen LogP contribution in [0.15, 0.2) is 206 Å². The van der Waals surface area contributed by atoms with E-state index < -0.39 is 0 Å². The second-order valence-corrected chi connectivity index (χ2v) is 27.5. The number of hydrogen-bond donors (Lipinski definition) is 0. The van der Waals surface area contributed by atoms with Gasteiger partial charge in [-0.15, -0.1) is 0 Å². The van der Waals surface area contributed by atoms with Crippen molar-refractivity contribution in [2.45, 2.75) is 105 Å². The quantitative estimate of drug-likeness (QED) is 0.127. The van der Waals surface area contributed by atoms with E-state index in [0.29, 0.717) is 17.5 Å². The molecule has 0 radical (unpaired) electrons. The Kier molecular flexibility index (Phi) is 11.9. The minimum absolute atomic E-state index is 0.142. The summed E-state index contributed by atoms with van der Waals surface area (Å²) >= 11 is 0. The highest BCUT2D eigenvalue weighted by Crippen LogP contribution is 2.50. The molecule has 5 nitrogen and oxygen atoms in total. The number of benzene rings is 11. The van der Waals surface area contributed by atoms with Crippen LogP contribution in [-0.4, -0.2) is 21.7 Å². The summed E-state index contributed by atoms with van der Waals surface area (Å²) in [5, 5.41) is 9.74. The molecule has 0 atom stereocenters. The van der Waals surface area contributed by atoms with Gasteiger partial charge >= 0.3 is 0 Å². The summed E-state index contributed by atoms with van der Waals surface area (Å²) in [7, 11) is 0. The van der Waals surface area contributed by atoms with E-state index in [9.17, 15) is 0 Å². The van der Waals surface area contributed by atoms with E-state index in [1.807, 2.05) is 12.1 Å². The lowest BCUT2D eigenvalue weighted by Gasteiger charge is -2.45. The maximum absolute atomic E-state index is 5.51. The molecule has 11 aromatic carbocycles. The Balaban J connectivity index is 1.18. The van der Waals surface area contributed by atoms with Crippen LogP contribution >= 0.6 is 0 Å². The fourth-order valence-electron chi connectivity index (χ4n) is 12.7. The molecule has 6 heteroatoms. The molecule has 2 aliphatic rings. The Morgan fingerprint density at radius 3 is 0.904 bits per heavy atom.